The summed E-state index contributed by atoms with van der Waals surface area (Å²) in [5.41, 5.74) is 1.79. The van der Waals surface area contributed by atoms with Crippen molar-refractivity contribution >= 4 is 5.82 Å². The van der Waals surface area contributed by atoms with Crippen molar-refractivity contribution in [3.63, 3.8) is 0 Å². The number of rotatable bonds is 8. The van der Waals surface area contributed by atoms with E-state index in [0.717, 1.165) is 30.2 Å². The first kappa shape index (κ1) is 17.9. The molecule has 0 atom stereocenters. The fourth-order valence-electron chi connectivity index (χ4n) is 1.95. The molecule has 5 nitrogen and oxygen atoms in total. The lowest BCUT2D eigenvalue weighted by atomic mass is 9.91. The normalized spacial score (nSPS) is 11.7. The number of pyridine rings is 1. The van der Waals surface area contributed by atoms with Crippen molar-refractivity contribution in [3.05, 3.63) is 23.4 Å². The quantitative estimate of drug-likeness (QED) is 0.795. The molecule has 0 fully saturated rings. The predicted molar refractivity (Wildman–Crippen MR) is 84.8 cm³/mol. The Hall–Kier alpha value is -1.17. The molecule has 0 aliphatic rings. The van der Waals surface area contributed by atoms with Gasteiger partial charge in [-0.1, -0.05) is 20.8 Å². The number of methoxy groups -OCH3 is 2. The van der Waals surface area contributed by atoms with E-state index in [1.165, 1.54) is 0 Å². The molecule has 0 bridgehead atoms. The van der Waals surface area contributed by atoms with Gasteiger partial charge in [0.05, 0.1) is 19.8 Å². The van der Waals surface area contributed by atoms with Crippen LogP contribution in [0.2, 0.25) is 0 Å². The maximum atomic E-state index is 9.49. The van der Waals surface area contributed by atoms with Gasteiger partial charge in [0, 0.05) is 38.4 Å². The molecule has 0 aliphatic heterocycles. The van der Waals surface area contributed by atoms with Gasteiger partial charge in [-0.3, -0.25) is 0 Å². The van der Waals surface area contributed by atoms with E-state index >= 15 is 0 Å². The van der Waals surface area contributed by atoms with Gasteiger partial charge >= 0.3 is 0 Å². The van der Waals surface area contributed by atoms with E-state index in [2.05, 4.69) is 25.7 Å². The number of anilines is 1. The Labute approximate surface area is 127 Å². The molecule has 0 amide bonds. The van der Waals surface area contributed by atoms with Crippen LogP contribution in [0, 0.1) is 0 Å². The molecule has 0 radical (unpaired) electrons. The molecule has 0 aromatic carbocycles. The lowest BCUT2D eigenvalue weighted by Crippen LogP contribution is -2.32. The molecule has 1 aromatic rings. The van der Waals surface area contributed by atoms with E-state index in [0.29, 0.717) is 13.2 Å². The maximum absolute atomic E-state index is 9.49. The van der Waals surface area contributed by atoms with Crippen LogP contribution in [0.5, 0.6) is 0 Å². The van der Waals surface area contributed by atoms with Gasteiger partial charge in [-0.2, -0.15) is 0 Å². The van der Waals surface area contributed by atoms with Gasteiger partial charge < -0.3 is 19.5 Å². The Balaban J connectivity index is 3.09. The summed E-state index contributed by atoms with van der Waals surface area (Å²) in [7, 11) is 3.37. The third-order valence-electron chi connectivity index (χ3n) is 3.28. The standard InChI is InChI=1S/C16H28N2O3/c1-16(2,3)14-10-13(12-19)11-15(17-14)18(6-8-20-4)7-9-21-5/h10-11,19H,6-9,12H2,1-5H3. The Morgan fingerprint density at radius 2 is 1.67 bits per heavy atom. The molecule has 0 saturated heterocycles. The third-order valence-corrected chi connectivity index (χ3v) is 3.28. The Bertz CT molecular complexity index is 422. The number of aliphatic hydroxyl groups is 1. The van der Waals surface area contributed by atoms with Crippen LogP contribution in [0.25, 0.3) is 0 Å². The average Bonchev–Trinajstić information content (AvgIpc) is 2.46. The number of aliphatic hydroxyl groups excluding tert-OH is 1. The molecule has 1 rings (SSSR count). The van der Waals surface area contributed by atoms with Crippen LogP contribution in [-0.4, -0.2) is 50.6 Å². The molecule has 21 heavy (non-hydrogen) atoms. The Kier molecular flexibility index (Phi) is 7.08. The predicted octanol–water partition coefficient (Wildman–Crippen LogP) is 1.97. The van der Waals surface area contributed by atoms with Gasteiger partial charge in [-0.25, -0.2) is 4.98 Å². The topological polar surface area (TPSA) is 54.8 Å². The lowest BCUT2D eigenvalue weighted by Gasteiger charge is -2.26. The first-order valence-corrected chi connectivity index (χ1v) is 7.27. The fraction of sp³-hybridized carbons (Fsp3) is 0.688. The smallest absolute Gasteiger partial charge is 0.129 e. The van der Waals surface area contributed by atoms with Crippen LogP contribution >= 0.6 is 0 Å². The minimum Gasteiger partial charge on any atom is -0.392 e. The van der Waals surface area contributed by atoms with Crippen molar-refractivity contribution in [2.75, 3.05) is 45.4 Å². The maximum Gasteiger partial charge on any atom is 0.129 e. The molecular weight excluding hydrogens is 268 g/mol. The van der Waals surface area contributed by atoms with Crippen molar-refractivity contribution in [3.8, 4) is 0 Å². The van der Waals surface area contributed by atoms with E-state index in [9.17, 15) is 5.11 Å². The summed E-state index contributed by atoms with van der Waals surface area (Å²) < 4.78 is 10.3. The van der Waals surface area contributed by atoms with Gasteiger partial charge in [-0.05, 0) is 17.7 Å². The van der Waals surface area contributed by atoms with Gasteiger partial charge in [0.25, 0.3) is 0 Å². The van der Waals surface area contributed by atoms with Crippen LogP contribution in [0.1, 0.15) is 32.0 Å². The van der Waals surface area contributed by atoms with E-state index in [1.807, 2.05) is 12.1 Å². The number of hydrogen-bond acceptors (Lipinski definition) is 5. The van der Waals surface area contributed by atoms with Crippen LogP contribution in [0.15, 0.2) is 12.1 Å². The summed E-state index contributed by atoms with van der Waals surface area (Å²) in [4.78, 5) is 6.89. The van der Waals surface area contributed by atoms with Crippen molar-refractivity contribution in [1.29, 1.82) is 0 Å². The fourth-order valence-corrected chi connectivity index (χ4v) is 1.95. The summed E-state index contributed by atoms with van der Waals surface area (Å²) in [5, 5.41) is 9.49. The molecular formula is C16H28N2O3. The summed E-state index contributed by atoms with van der Waals surface area (Å²) >= 11 is 0. The highest BCUT2D eigenvalue weighted by Crippen LogP contribution is 2.25. The second kappa shape index (κ2) is 8.32. The molecule has 1 heterocycles. The molecule has 0 unspecified atom stereocenters. The largest absolute Gasteiger partial charge is 0.392 e. The van der Waals surface area contributed by atoms with Crippen molar-refractivity contribution in [2.45, 2.75) is 32.8 Å². The van der Waals surface area contributed by atoms with Gasteiger partial charge in [0.15, 0.2) is 0 Å². The third kappa shape index (κ3) is 5.61. The van der Waals surface area contributed by atoms with Crippen LogP contribution in [0.4, 0.5) is 5.82 Å². The van der Waals surface area contributed by atoms with Crippen molar-refractivity contribution < 1.29 is 14.6 Å². The number of aromatic nitrogens is 1. The Morgan fingerprint density at radius 3 is 2.10 bits per heavy atom. The van der Waals surface area contributed by atoms with Gasteiger partial charge in [0.1, 0.15) is 5.82 Å². The van der Waals surface area contributed by atoms with E-state index in [1.54, 1.807) is 14.2 Å². The Morgan fingerprint density at radius 1 is 1.10 bits per heavy atom. The zero-order valence-electron chi connectivity index (χ0n) is 13.8. The van der Waals surface area contributed by atoms with Gasteiger partial charge in [-0.15, -0.1) is 0 Å². The van der Waals surface area contributed by atoms with Crippen LogP contribution in [0.3, 0.4) is 0 Å². The minimum atomic E-state index is -0.0614. The molecule has 1 N–H and O–H groups in total. The highest BCUT2D eigenvalue weighted by Gasteiger charge is 2.19. The summed E-state index contributed by atoms with van der Waals surface area (Å²) in [6.45, 7) is 9.11. The molecule has 0 saturated carbocycles. The van der Waals surface area contributed by atoms with E-state index < -0.39 is 0 Å². The molecule has 1 aromatic heterocycles. The first-order chi connectivity index (χ1) is 9.92. The first-order valence-electron chi connectivity index (χ1n) is 7.27. The monoisotopic (exact) mass is 296 g/mol. The zero-order valence-corrected chi connectivity index (χ0v) is 13.8. The van der Waals surface area contributed by atoms with Crippen LogP contribution < -0.4 is 4.90 Å². The summed E-state index contributed by atoms with van der Waals surface area (Å²) in [5.74, 6) is 0.862. The van der Waals surface area contributed by atoms with Crippen molar-refractivity contribution in [2.24, 2.45) is 0 Å². The second-order valence-electron chi connectivity index (χ2n) is 6.10. The van der Waals surface area contributed by atoms with Crippen LogP contribution in [-0.2, 0) is 21.5 Å². The SMILES string of the molecule is COCCN(CCOC)c1cc(CO)cc(C(C)(C)C)n1. The lowest BCUT2D eigenvalue weighted by molar-refractivity contribution is 0.190. The zero-order chi connectivity index (χ0) is 15.9. The summed E-state index contributed by atoms with van der Waals surface area (Å²) in [6, 6.07) is 3.90. The number of nitrogens with zero attached hydrogens (tertiary/aromatic N) is 2. The van der Waals surface area contributed by atoms with Crippen molar-refractivity contribution in [1.82, 2.24) is 4.98 Å². The highest BCUT2D eigenvalue weighted by atomic mass is 16.5. The number of ether oxygens (including phenoxy) is 2. The highest BCUT2D eigenvalue weighted by molar-refractivity contribution is 5.44. The summed E-state index contributed by atoms with van der Waals surface area (Å²) in [6.07, 6.45) is 0. The molecule has 0 spiro atoms. The van der Waals surface area contributed by atoms with E-state index in [-0.39, 0.29) is 12.0 Å². The van der Waals surface area contributed by atoms with E-state index in [4.69, 9.17) is 14.5 Å². The number of hydrogen-bond donors (Lipinski definition) is 1. The molecule has 5 heteroatoms. The molecule has 120 valence electrons. The molecule has 0 aliphatic carbocycles. The average molecular weight is 296 g/mol. The second-order valence-corrected chi connectivity index (χ2v) is 6.10. The minimum absolute atomic E-state index is 0.0149. The van der Waals surface area contributed by atoms with Gasteiger partial charge in [0.2, 0.25) is 0 Å².